The molecule has 2 aliphatic rings. The van der Waals surface area contributed by atoms with Gasteiger partial charge in [-0.25, -0.2) is 0 Å². The summed E-state index contributed by atoms with van der Waals surface area (Å²) in [5.41, 5.74) is 2.63. The summed E-state index contributed by atoms with van der Waals surface area (Å²) in [5.74, 6) is 2.51. The van der Waals surface area contributed by atoms with Crippen molar-refractivity contribution in [3.05, 3.63) is 40.1 Å². The summed E-state index contributed by atoms with van der Waals surface area (Å²) in [6.45, 7) is 6.03. The maximum atomic E-state index is 5.42. The quantitative estimate of drug-likeness (QED) is 0.303. The van der Waals surface area contributed by atoms with E-state index in [1.807, 2.05) is 24.5 Å². The van der Waals surface area contributed by atoms with E-state index >= 15 is 0 Å². The Morgan fingerprint density at radius 1 is 1.19 bits per heavy atom. The van der Waals surface area contributed by atoms with Crippen LogP contribution in [0.4, 0.5) is 5.69 Å². The molecular formula is C23H34IN5O2S. The maximum absolute atomic E-state index is 5.42. The number of nitrogens with one attached hydrogen (secondary N) is 2. The van der Waals surface area contributed by atoms with E-state index in [2.05, 4.69) is 49.0 Å². The van der Waals surface area contributed by atoms with Gasteiger partial charge in [0.05, 0.1) is 14.2 Å². The first-order chi connectivity index (χ1) is 15.2. The topological polar surface area (TPSA) is 61.4 Å². The van der Waals surface area contributed by atoms with E-state index in [0.29, 0.717) is 6.04 Å². The lowest BCUT2D eigenvalue weighted by molar-refractivity contribution is 0.260. The standard InChI is InChI=1S/C23H33N5O2S.HI/c1-24-23(25-7-10-27-8-5-22-17(15-27)6-11-31-22)26-18-4-9-28(16-18)19-12-20(29-2)14-21(13-19)30-3;/h6,11-14,18H,4-5,7-10,15-16H2,1-3H3,(H2,24,25,26);1H. The molecule has 0 spiro atoms. The number of ether oxygens (including phenoxy) is 2. The zero-order valence-corrected chi connectivity index (χ0v) is 22.2. The second-order valence-corrected chi connectivity index (χ2v) is 9.04. The number of hydrogen-bond acceptors (Lipinski definition) is 6. The fourth-order valence-electron chi connectivity index (χ4n) is 4.31. The second kappa shape index (κ2) is 11.9. The molecule has 9 heteroatoms. The molecule has 0 amide bonds. The van der Waals surface area contributed by atoms with E-state index in [1.54, 1.807) is 19.1 Å². The molecule has 2 N–H and O–H groups in total. The number of methoxy groups -OCH3 is 2. The van der Waals surface area contributed by atoms with Crippen LogP contribution in [0.25, 0.3) is 0 Å². The van der Waals surface area contributed by atoms with Gasteiger partial charge in [-0.15, -0.1) is 35.3 Å². The van der Waals surface area contributed by atoms with Crippen molar-refractivity contribution in [2.45, 2.75) is 25.4 Å². The molecule has 2 aromatic rings. The van der Waals surface area contributed by atoms with Crippen LogP contribution < -0.4 is 25.0 Å². The predicted octanol–water partition coefficient (Wildman–Crippen LogP) is 3.19. The van der Waals surface area contributed by atoms with Crippen molar-refractivity contribution < 1.29 is 9.47 Å². The van der Waals surface area contributed by atoms with Crippen LogP contribution in [0.3, 0.4) is 0 Å². The Morgan fingerprint density at radius 2 is 1.97 bits per heavy atom. The summed E-state index contributed by atoms with van der Waals surface area (Å²) in [7, 11) is 5.21. The summed E-state index contributed by atoms with van der Waals surface area (Å²) in [6.07, 6.45) is 2.24. The number of guanidine groups is 1. The zero-order valence-electron chi connectivity index (χ0n) is 19.1. The van der Waals surface area contributed by atoms with Gasteiger partial charge in [-0.05, 0) is 29.9 Å². The van der Waals surface area contributed by atoms with Gasteiger partial charge in [-0.1, -0.05) is 0 Å². The van der Waals surface area contributed by atoms with Gasteiger partial charge < -0.3 is 25.0 Å². The van der Waals surface area contributed by atoms with Gasteiger partial charge in [0, 0.05) is 81.1 Å². The molecule has 32 heavy (non-hydrogen) atoms. The van der Waals surface area contributed by atoms with E-state index in [9.17, 15) is 0 Å². The van der Waals surface area contributed by atoms with Crippen LogP contribution in [-0.4, -0.2) is 70.9 Å². The average molecular weight is 572 g/mol. The highest BCUT2D eigenvalue weighted by molar-refractivity contribution is 14.0. The van der Waals surface area contributed by atoms with Crippen LogP contribution in [-0.2, 0) is 13.0 Å². The molecular weight excluding hydrogens is 537 g/mol. The predicted molar refractivity (Wildman–Crippen MR) is 143 cm³/mol. The zero-order chi connectivity index (χ0) is 21.6. The normalized spacial score (nSPS) is 18.7. The lowest BCUT2D eigenvalue weighted by atomic mass is 10.1. The number of anilines is 1. The molecule has 1 atom stereocenters. The van der Waals surface area contributed by atoms with Crippen molar-refractivity contribution >= 4 is 47.0 Å². The van der Waals surface area contributed by atoms with Crippen molar-refractivity contribution in [2.24, 2.45) is 4.99 Å². The third-order valence-electron chi connectivity index (χ3n) is 6.06. The van der Waals surface area contributed by atoms with Crippen LogP contribution in [0.2, 0.25) is 0 Å². The highest BCUT2D eigenvalue weighted by atomic mass is 127. The number of aliphatic imine (C=N–C) groups is 1. The molecule has 1 fully saturated rings. The molecule has 3 heterocycles. The molecule has 1 aromatic carbocycles. The molecule has 1 saturated heterocycles. The fraction of sp³-hybridized carbons (Fsp3) is 0.522. The molecule has 176 valence electrons. The number of hydrogen-bond donors (Lipinski definition) is 2. The Bertz CT molecular complexity index is 884. The number of halogens is 1. The minimum atomic E-state index is 0. The number of fused-ring (bicyclic) bond motifs is 1. The highest BCUT2D eigenvalue weighted by Gasteiger charge is 2.24. The van der Waals surface area contributed by atoms with E-state index in [4.69, 9.17) is 9.47 Å². The van der Waals surface area contributed by atoms with Crippen LogP contribution in [0, 0.1) is 0 Å². The van der Waals surface area contributed by atoms with Crippen LogP contribution in [0.1, 0.15) is 16.9 Å². The van der Waals surface area contributed by atoms with Crippen LogP contribution in [0.5, 0.6) is 11.5 Å². The Kier molecular flexibility index (Phi) is 9.30. The number of nitrogens with zero attached hydrogens (tertiary/aromatic N) is 3. The molecule has 1 aromatic heterocycles. The molecule has 4 rings (SSSR count). The first-order valence-electron chi connectivity index (χ1n) is 10.9. The largest absolute Gasteiger partial charge is 0.497 e. The highest BCUT2D eigenvalue weighted by Crippen LogP contribution is 2.30. The number of rotatable bonds is 7. The monoisotopic (exact) mass is 571 g/mol. The van der Waals surface area contributed by atoms with E-state index < -0.39 is 0 Å². The third-order valence-corrected chi connectivity index (χ3v) is 7.08. The second-order valence-electron chi connectivity index (χ2n) is 8.04. The summed E-state index contributed by atoms with van der Waals surface area (Å²) < 4.78 is 10.8. The maximum Gasteiger partial charge on any atom is 0.191 e. The number of thiophene rings is 1. The van der Waals surface area contributed by atoms with Gasteiger partial charge in [0.2, 0.25) is 0 Å². The molecule has 7 nitrogen and oxygen atoms in total. The van der Waals surface area contributed by atoms with Crippen molar-refractivity contribution in [2.75, 3.05) is 58.9 Å². The van der Waals surface area contributed by atoms with Crippen molar-refractivity contribution in [1.29, 1.82) is 0 Å². The average Bonchev–Trinajstić information content (AvgIpc) is 3.47. The van der Waals surface area contributed by atoms with E-state index in [-0.39, 0.29) is 24.0 Å². The Balaban J connectivity index is 0.00000289. The SMILES string of the molecule is CN=C(NCCN1CCc2sccc2C1)NC1CCN(c2cc(OC)cc(OC)c2)C1.I. The molecule has 0 aliphatic carbocycles. The Labute approximate surface area is 212 Å². The number of benzene rings is 1. The molecule has 2 aliphatic heterocycles. The smallest absolute Gasteiger partial charge is 0.191 e. The van der Waals surface area contributed by atoms with Gasteiger partial charge in [-0.2, -0.15) is 0 Å². The van der Waals surface area contributed by atoms with E-state index in [1.165, 1.54) is 12.0 Å². The minimum absolute atomic E-state index is 0. The minimum Gasteiger partial charge on any atom is -0.497 e. The van der Waals surface area contributed by atoms with E-state index in [0.717, 1.165) is 68.8 Å². The van der Waals surface area contributed by atoms with Gasteiger partial charge in [0.25, 0.3) is 0 Å². The molecule has 1 unspecified atom stereocenters. The Morgan fingerprint density at radius 3 is 2.69 bits per heavy atom. The lowest BCUT2D eigenvalue weighted by Gasteiger charge is -2.27. The third kappa shape index (κ3) is 6.20. The van der Waals surface area contributed by atoms with Crippen LogP contribution >= 0.6 is 35.3 Å². The van der Waals surface area contributed by atoms with Crippen molar-refractivity contribution in [3.8, 4) is 11.5 Å². The molecule has 0 radical (unpaired) electrons. The van der Waals surface area contributed by atoms with Crippen molar-refractivity contribution in [3.63, 3.8) is 0 Å². The van der Waals surface area contributed by atoms with Gasteiger partial charge in [-0.3, -0.25) is 9.89 Å². The summed E-state index contributed by atoms with van der Waals surface area (Å²) in [5, 5.41) is 9.30. The van der Waals surface area contributed by atoms with Gasteiger partial charge >= 0.3 is 0 Å². The molecule has 0 bridgehead atoms. The fourth-order valence-corrected chi connectivity index (χ4v) is 5.20. The summed E-state index contributed by atoms with van der Waals surface area (Å²) in [4.78, 5) is 10.9. The summed E-state index contributed by atoms with van der Waals surface area (Å²) >= 11 is 1.89. The van der Waals surface area contributed by atoms with Crippen molar-refractivity contribution in [1.82, 2.24) is 15.5 Å². The van der Waals surface area contributed by atoms with Gasteiger partial charge in [0.1, 0.15) is 11.5 Å². The Hall–Kier alpha value is -1.72. The lowest BCUT2D eigenvalue weighted by Crippen LogP contribution is -2.47. The van der Waals surface area contributed by atoms with Gasteiger partial charge in [0.15, 0.2) is 5.96 Å². The first-order valence-corrected chi connectivity index (χ1v) is 11.8. The molecule has 0 saturated carbocycles. The first kappa shape index (κ1) is 24.9. The van der Waals surface area contributed by atoms with Crippen LogP contribution in [0.15, 0.2) is 34.6 Å². The summed E-state index contributed by atoms with van der Waals surface area (Å²) in [6, 6.07) is 8.66.